The summed E-state index contributed by atoms with van der Waals surface area (Å²) < 4.78 is 46.7. The molecule has 19 heteroatoms. The van der Waals surface area contributed by atoms with Gasteiger partial charge in [0.05, 0.1) is 45.2 Å². The number of aliphatic hydroxyl groups excluding tert-OH is 5. The third kappa shape index (κ3) is 42.8. The van der Waals surface area contributed by atoms with Gasteiger partial charge >= 0.3 is 0 Å². The van der Waals surface area contributed by atoms with Crippen LogP contribution < -0.4 is 9.47 Å². The second kappa shape index (κ2) is 43.8. The molecule has 0 aliphatic carbocycles. The number of nitrogens with zero attached hydrogens (tertiary/aromatic N) is 1. The molecule has 1 aromatic carbocycles. The first kappa shape index (κ1) is 57.1. The molecule has 1 aromatic rings. The first-order valence-electron chi connectivity index (χ1n) is 14.0. The van der Waals surface area contributed by atoms with Crippen LogP contribution in [0.5, 0.6) is 11.5 Å². The smallest absolute Gasteiger partial charge is 0.237 e. The van der Waals surface area contributed by atoms with Crippen LogP contribution in [0.4, 0.5) is 0 Å². The molecule has 0 spiro atoms. The third-order valence-corrected chi connectivity index (χ3v) is 4.64. The summed E-state index contributed by atoms with van der Waals surface area (Å²) in [5, 5.41) is 45.2. The van der Waals surface area contributed by atoms with Crippen molar-refractivity contribution in [2.24, 2.45) is 0 Å². The van der Waals surface area contributed by atoms with Crippen molar-refractivity contribution in [3.05, 3.63) is 78.3 Å². The van der Waals surface area contributed by atoms with Crippen molar-refractivity contribution < 1.29 is 72.9 Å². The van der Waals surface area contributed by atoms with Crippen LogP contribution >= 0.6 is 0 Å². The Balaban J connectivity index is -0.000000132. The van der Waals surface area contributed by atoms with Crippen LogP contribution in [0.3, 0.4) is 0 Å². The first-order chi connectivity index (χ1) is 22.6. The molecule has 0 radical (unpaired) electrons. The standard InChI is InChI=1S/C11H15O4.C10H18NO5.2C5H10O3.3Rf/c1-13-7-9(12)8-15-11-5-3-10(14-2)4-6-11;1-11-3-4-15-6-10(13)8-16-7-9(12)5-14-2;2*1-7-3-5(6)4-8-2;;;/h3-6,9,12H,1,7-8H2,2H3;9-10,12-13H,2-8H2;2*5-6H,1-4H2;;;/q2*-1;2*-2;;;. The second-order valence-corrected chi connectivity index (χ2v) is 8.97. The SMILES string of the molecule is [C-]#[N+]CCOCC(O)COCC(O)CO[CH2-].[CH2-]OCC(O)CO[CH2-].[CH2-]OCC(O)CO[CH2-].[CH2-]OCC(O)COc1ccc(OC)cc1.[Rf].[Rf].[Rf]. The largest absolute Gasteiger partial charge is 0.553 e. The predicted molar refractivity (Wildman–Crippen MR) is 169 cm³/mol. The fourth-order valence-electron chi connectivity index (χ4n) is 2.59. The van der Waals surface area contributed by atoms with E-state index in [2.05, 4.69) is 75.9 Å². The third-order valence-electron chi connectivity index (χ3n) is 4.64. The molecular formula is C31H53NO15Rf3-6. The van der Waals surface area contributed by atoms with E-state index in [1.807, 2.05) is 0 Å². The van der Waals surface area contributed by atoms with Gasteiger partial charge in [-0.15, -0.1) is 0 Å². The number of methoxy groups -OCH3 is 1. The molecule has 16 nitrogen and oxygen atoms in total. The number of aliphatic hydroxyl groups is 5. The topological polar surface area (TPSA) is 198 Å². The van der Waals surface area contributed by atoms with Gasteiger partial charge in [0.2, 0.25) is 6.54 Å². The Morgan fingerprint density at radius 1 is 0.520 bits per heavy atom. The van der Waals surface area contributed by atoms with Crippen molar-refractivity contribution in [2.75, 3.05) is 86.3 Å². The minimum Gasteiger partial charge on any atom is -0.553 e. The van der Waals surface area contributed by atoms with Crippen LogP contribution in [-0.4, -0.2) is 142 Å². The Hall–Kier alpha value is -5.21. The molecular weight excluding hydrogens is 1430 g/mol. The molecule has 0 aliphatic rings. The zero-order chi connectivity index (χ0) is 36.1. The van der Waals surface area contributed by atoms with E-state index < -0.39 is 30.5 Å². The van der Waals surface area contributed by atoms with Gasteiger partial charge in [0.25, 0.3) is 0 Å². The minimum atomic E-state index is -0.751. The molecule has 0 heterocycles. The van der Waals surface area contributed by atoms with Crippen LogP contribution in [0.25, 0.3) is 4.85 Å². The molecule has 3 unspecified atom stereocenters. The molecule has 50 heavy (non-hydrogen) atoms. The summed E-state index contributed by atoms with van der Waals surface area (Å²) in [5.74, 6) is 1.45. The van der Waals surface area contributed by atoms with Crippen molar-refractivity contribution in [2.45, 2.75) is 30.5 Å². The zero-order valence-electron chi connectivity index (χ0n) is 29.3. The van der Waals surface area contributed by atoms with Crippen molar-refractivity contribution in [3.8, 4) is 11.5 Å². The van der Waals surface area contributed by atoms with E-state index in [0.29, 0.717) is 12.4 Å². The molecule has 5 N–H and O–H groups in total. The molecule has 0 aliphatic heterocycles. The molecule has 0 bridgehead atoms. The van der Waals surface area contributed by atoms with E-state index in [-0.39, 0.29) is 72.6 Å². The maximum atomic E-state index is 9.34. The summed E-state index contributed by atoms with van der Waals surface area (Å²) in [6.45, 7) is 8.56. The maximum Gasteiger partial charge on any atom is 0.237 e. The summed E-state index contributed by atoms with van der Waals surface area (Å²) >= 11 is 0. The van der Waals surface area contributed by atoms with Crippen molar-refractivity contribution in [1.29, 1.82) is 0 Å². The van der Waals surface area contributed by atoms with Crippen molar-refractivity contribution in [3.63, 3.8) is 0 Å². The number of benzene rings is 1. The fraction of sp³-hybridized carbons (Fsp3) is 0.581. The summed E-state index contributed by atoms with van der Waals surface area (Å²) in [7, 11) is 20.2. The molecule has 1 rings (SSSR count). The van der Waals surface area contributed by atoms with Gasteiger partial charge in [0.1, 0.15) is 36.9 Å². The second-order valence-electron chi connectivity index (χ2n) is 8.97. The molecule has 0 aromatic heterocycles. The van der Waals surface area contributed by atoms with Crippen molar-refractivity contribution >= 4 is 0 Å². The van der Waals surface area contributed by atoms with Gasteiger partial charge in [-0.3, -0.25) is 0 Å². The van der Waals surface area contributed by atoms with Gasteiger partial charge in [-0.25, -0.2) is 49.2 Å². The Morgan fingerprint density at radius 2 is 0.820 bits per heavy atom. The fourth-order valence-corrected chi connectivity index (χ4v) is 2.59. The average molecular weight is 1480 g/mol. The Kier molecular flexibility index (Phi) is 50.0. The summed E-state index contributed by atoms with van der Waals surface area (Å²) in [5.41, 5.74) is 0. The normalized spacial score (nSPS) is 11.6. The van der Waals surface area contributed by atoms with Crippen LogP contribution in [0.15, 0.2) is 24.3 Å². The zero-order valence-corrected chi connectivity index (χ0v) is 48.5. The monoisotopic (exact) mass is 1480 g/mol. The van der Waals surface area contributed by atoms with E-state index in [9.17, 15) is 15.3 Å². The quantitative estimate of drug-likeness (QED) is 0.0714. The van der Waals surface area contributed by atoms with Crippen molar-refractivity contribution in [1.82, 2.24) is 0 Å². The van der Waals surface area contributed by atoms with Gasteiger partial charge in [0, 0.05) is 39.6 Å². The summed E-state index contributed by atoms with van der Waals surface area (Å²) in [6, 6.07) is 7.13. The molecule has 3 atom stereocenters. The average Bonchev–Trinajstić information content (AvgIpc) is 3.04. The molecule has 0 saturated heterocycles. The Labute approximate surface area is 279 Å². The van der Waals surface area contributed by atoms with E-state index in [4.69, 9.17) is 35.7 Å². The van der Waals surface area contributed by atoms with E-state index in [1.165, 1.54) is 0 Å². The molecule has 0 amide bonds. The van der Waals surface area contributed by atoms with E-state index >= 15 is 0 Å². The van der Waals surface area contributed by atoms with E-state index in [1.54, 1.807) is 31.4 Å². The Bertz CT molecular complexity index is 776. The van der Waals surface area contributed by atoms with E-state index in [0.717, 1.165) is 5.75 Å². The number of hydrogen-bond donors (Lipinski definition) is 5. The van der Waals surface area contributed by atoms with Gasteiger partial charge < -0.3 is 77.7 Å². The summed E-state index contributed by atoms with van der Waals surface area (Å²) in [4.78, 5) is 3.10. The maximum absolute atomic E-state index is 9.34. The van der Waals surface area contributed by atoms with Crippen LogP contribution in [0.2, 0.25) is 0 Å². The molecule has 0 saturated carbocycles. The first-order valence-corrected chi connectivity index (χ1v) is 14.0. The van der Waals surface area contributed by atoms with Crippen LogP contribution in [0, 0.1) is 49.2 Å². The minimum absolute atomic E-state index is 0. The van der Waals surface area contributed by atoms with Gasteiger partial charge in [-0.05, 0) is 24.3 Å². The van der Waals surface area contributed by atoms with Crippen LogP contribution in [0.1, 0.15) is 0 Å². The van der Waals surface area contributed by atoms with Gasteiger partial charge in [0.15, 0.2) is 0 Å². The van der Waals surface area contributed by atoms with Gasteiger partial charge in [-0.1, -0.05) is 0 Å². The van der Waals surface area contributed by atoms with Gasteiger partial charge in [-0.2, -0.15) is 0 Å². The van der Waals surface area contributed by atoms with Crippen LogP contribution in [-0.2, 0) is 37.9 Å². The number of ether oxygens (including phenoxy) is 10. The number of rotatable bonds is 24. The predicted octanol–water partition coefficient (Wildman–Crippen LogP) is 0.639. The summed E-state index contributed by atoms with van der Waals surface area (Å²) in [6.07, 6.45) is -3.37. The molecule has 0 fully saturated rings. The number of hydrogen-bond acceptors (Lipinski definition) is 15. The molecule has 284 valence electrons. The Morgan fingerprint density at radius 3 is 1.16 bits per heavy atom.